The van der Waals surface area contributed by atoms with Gasteiger partial charge >= 0.3 is 0 Å². The van der Waals surface area contributed by atoms with E-state index in [-0.39, 0.29) is 5.91 Å². The lowest BCUT2D eigenvalue weighted by molar-refractivity contribution is -0.140. The van der Waals surface area contributed by atoms with Crippen molar-refractivity contribution in [2.24, 2.45) is 0 Å². The van der Waals surface area contributed by atoms with Crippen LogP contribution in [-0.2, 0) is 9.59 Å². The number of carbonyl (C=O) groups is 2. The predicted octanol–water partition coefficient (Wildman–Crippen LogP) is 3.98. The highest BCUT2D eigenvalue weighted by molar-refractivity contribution is 6.11. The molecule has 2 amide bonds. The van der Waals surface area contributed by atoms with Gasteiger partial charge < -0.3 is 23.7 Å². The number of hydrogen-bond acceptors (Lipinski definition) is 7. The number of nitrogens with zero attached hydrogens (tertiary/aromatic N) is 1. The van der Waals surface area contributed by atoms with Gasteiger partial charge in [0.25, 0.3) is 11.8 Å². The maximum Gasteiger partial charge on any atom is 0.256 e. The number of likely N-dealkylation sites (tertiary alicyclic amines) is 1. The number of piperidine rings is 1. The molecule has 34 heavy (non-hydrogen) atoms. The summed E-state index contributed by atoms with van der Waals surface area (Å²) in [6, 6.07) is 8.90. The number of para-hydroxylation sites is 1. The van der Waals surface area contributed by atoms with Gasteiger partial charge in [0.05, 0.1) is 35.5 Å². The third-order valence-corrected chi connectivity index (χ3v) is 5.48. The van der Waals surface area contributed by atoms with E-state index in [2.05, 4.69) is 0 Å². The van der Waals surface area contributed by atoms with Crippen LogP contribution in [0.4, 0.5) is 0 Å². The summed E-state index contributed by atoms with van der Waals surface area (Å²) in [5.41, 5.74) is 1.91. The third-order valence-electron chi connectivity index (χ3n) is 5.48. The van der Waals surface area contributed by atoms with Crippen LogP contribution in [0, 0.1) is 0 Å². The van der Waals surface area contributed by atoms with E-state index in [0.717, 1.165) is 0 Å². The van der Waals surface area contributed by atoms with Gasteiger partial charge in [0.1, 0.15) is 0 Å². The maximum absolute atomic E-state index is 13.1. The maximum atomic E-state index is 13.1. The molecule has 1 heterocycles. The molecular formula is C26H29NO7. The molecule has 0 radical (unpaired) electrons. The first-order valence-corrected chi connectivity index (χ1v) is 10.7. The van der Waals surface area contributed by atoms with E-state index in [1.807, 2.05) is 0 Å². The summed E-state index contributed by atoms with van der Waals surface area (Å²) in [6.45, 7) is 0.351. The van der Waals surface area contributed by atoms with Gasteiger partial charge in [-0.3, -0.25) is 14.5 Å². The fourth-order valence-corrected chi connectivity index (χ4v) is 3.83. The lowest BCUT2D eigenvalue weighted by atomic mass is 10.00. The highest BCUT2D eigenvalue weighted by Crippen LogP contribution is 2.39. The Bertz CT molecular complexity index is 1100. The van der Waals surface area contributed by atoms with Crippen molar-refractivity contribution in [2.45, 2.75) is 12.8 Å². The minimum atomic E-state index is -0.398. The summed E-state index contributed by atoms with van der Waals surface area (Å²) < 4.78 is 26.8. The number of rotatable bonds is 8. The molecule has 0 spiro atoms. The SMILES string of the molecule is COc1cccc(/C=C/C(=O)N2CCC/C(=C\c3cc(OC)c(OC)c(OC)c3)C2=O)c1OC. The number of ether oxygens (including phenoxy) is 5. The van der Waals surface area contributed by atoms with E-state index >= 15 is 0 Å². The van der Waals surface area contributed by atoms with Crippen molar-refractivity contribution in [1.29, 1.82) is 0 Å². The Kier molecular flexibility index (Phi) is 8.19. The third kappa shape index (κ3) is 5.17. The molecule has 0 N–H and O–H groups in total. The summed E-state index contributed by atoms with van der Waals surface area (Å²) in [6.07, 6.45) is 5.98. The number of methoxy groups -OCH3 is 5. The lowest BCUT2D eigenvalue weighted by Gasteiger charge is -2.26. The fraction of sp³-hybridized carbons (Fsp3) is 0.308. The second-order valence-electron chi connectivity index (χ2n) is 7.44. The highest BCUT2D eigenvalue weighted by atomic mass is 16.5. The Morgan fingerprint density at radius 2 is 1.53 bits per heavy atom. The summed E-state index contributed by atoms with van der Waals surface area (Å²) >= 11 is 0. The summed E-state index contributed by atoms with van der Waals surface area (Å²) in [7, 11) is 7.67. The molecule has 0 unspecified atom stereocenters. The van der Waals surface area contributed by atoms with Crippen LogP contribution >= 0.6 is 0 Å². The molecule has 180 valence electrons. The van der Waals surface area contributed by atoms with Crippen molar-refractivity contribution >= 4 is 24.0 Å². The van der Waals surface area contributed by atoms with Crippen LogP contribution in [0.15, 0.2) is 42.0 Å². The van der Waals surface area contributed by atoms with Gasteiger partial charge in [-0.1, -0.05) is 12.1 Å². The van der Waals surface area contributed by atoms with Gasteiger partial charge in [-0.05, 0) is 48.8 Å². The summed E-state index contributed by atoms with van der Waals surface area (Å²) in [5, 5.41) is 0. The fourth-order valence-electron chi connectivity index (χ4n) is 3.83. The Hall–Kier alpha value is -3.94. The Morgan fingerprint density at radius 3 is 2.12 bits per heavy atom. The van der Waals surface area contributed by atoms with Gasteiger partial charge in [0.15, 0.2) is 23.0 Å². The smallest absolute Gasteiger partial charge is 0.256 e. The van der Waals surface area contributed by atoms with Crippen LogP contribution in [-0.4, -0.2) is 58.8 Å². The number of benzene rings is 2. The largest absolute Gasteiger partial charge is 0.493 e. The van der Waals surface area contributed by atoms with Crippen molar-refractivity contribution < 1.29 is 33.3 Å². The Labute approximate surface area is 199 Å². The monoisotopic (exact) mass is 467 g/mol. The number of hydrogen-bond donors (Lipinski definition) is 0. The standard InChI is InChI=1S/C26H29NO7/c1-30-20-10-6-8-18(24(20)33-4)11-12-23(28)27-13-7-9-19(26(27)29)14-17-15-21(31-2)25(34-5)22(16-17)32-3/h6,8,10-12,14-16H,7,9,13H2,1-5H3/b12-11+,19-14+. The van der Waals surface area contributed by atoms with Crippen molar-refractivity contribution in [1.82, 2.24) is 4.90 Å². The molecule has 2 aromatic rings. The molecule has 8 nitrogen and oxygen atoms in total. The molecule has 2 aromatic carbocycles. The molecule has 8 heteroatoms. The molecule has 3 rings (SSSR count). The zero-order chi connectivity index (χ0) is 24.7. The number of carbonyl (C=O) groups excluding carboxylic acids is 2. The van der Waals surface area contributed by atoms with Gasteiger partial charge in [-0.2, -0.15) is 0 Å². The first-order valence-electron chi connectivity index (χ1n) is 10.7. The topological polar surface area (TPSA) is 83.5 Å². The van der Waals surface area contributed by atoms with Gasteiger partial charge in [0, 0.05) is 23.8 Å². The second kappa shape index (κ2) is 11.3. The van der Waals surface area contributed by atoms with E-state index < -0.39 is 5.91 Å². The molecule has 0 bridgehead atoms. The van der Waals surface area contributed by atoms with Crippen LogP contribution in [0.3, 0.4) is 0 Å². The molecule has 0 aliphatic carbocycles. The minimum Gasteiger partial charge on any atom is -0.493 e. The van der Waals surface area contributed by atoms with Gasteiger partial charge in [-0.25, -0.2) is 0 Å². The molecular weight excluding hydrogens is 438 g/mol. The van der Waals surface area contributed by atoms with Crippen molar-refractivity contribution in [3.8, 4) is 28.7 Å². The van der Waals surface area contributed by atoms with Gasteiger partial charge in [0.2, 0.25) is 5.75 Å². The molecule has 1 aliphatic rings. The highest BCUT2D eigenvalue weighted by Gasteiger charge is 2.27. The van der Waals surface area contributed by atoms with E-state index in [1.165, 1.54) is 39.4 Å². The summed E-state index contributed by atoms with van der Waals surface area (Å²) in [4.78, 5) is 27.2. The first kappa shape index (κ1) is 24.7. The average Bonchev–Trinajstić information content (AvgIpc) is 2.87. The van der Waals surface area contributed by atoms with E-state index in [0.29, 0.717) is 64.8 Å². The lowest BCUT2D eigenvalue weighted by Crippen LogP contribution is -2.40. The van der Waals surface area contributed by atoms with Crippen molar-refractivity contribution in [3.05, 3.63) is 53.1 Å². The van der Waals surface area contributed by atoms with E-state index in [9.17, 15) is 9.59 Å². The molecule has 0 saturated carbocycles. The van der Waals surface area contributed by atoms with Crippen LogP contribution in [0.1, 0.15) is 24.0 Å². The van der Waals surface area contributed by atoms with Crippen LogP contribution in [0.5, 0.6) is 28.7 Å². The van der Waals surface area contributed by atoms with Crippen LogP contribution in [0.2, 0.25) is 0 Å². The van der Waals surface area contributed by atoms with Gasteiger partial charge in [-0.15, -0.1) is 0 Å². The zero-order valence-corrected chi connectivity index (χ0v) is 20.0. The molecule has 1 saturated heterocycles. The number of amides is 2. The molecule has 0 aromatic heterocycles. The van der Waals surface area contributed by atoms with Crippen LogP contribution in [0.25, 0.3) is 12.2 Å². The zero-order valence-electron chi connectivity index (χ0n) is 20.0. The second-order valence-corrected chi connectivity index (χ2v) is 7.44. The van der Waals surface area contributed by atoms with Crippen molar-refractivity contribution in [3.63, 3.8) is 0 Å². The molecule has 1 aliphatic heterocycles. The minimum absolute atomic E-state index is 0.327. The van der Waals surface area contributed by atoms with Crippen molar-refractivity contribution in [2.75, 3.05) is 42.1 Å². The normalized spacial score (nSPS) is 14.9. The average molecular weight is 468 g/mol. The number of imide groups is 1. The molecule has 1 fully saturated rings. The van der Waals surface area contributed by atoms with Crippen LogP contribution < -0.4 is 23.7 Å². The first-order chi connectivity index (χ1) is 16.5. The summed E-state index contributed by atoms with van der Waals surface area (Å²) in [5.74, 6) is 1.79. The van der Waals surface area contributed by atoms with E-state index in [1.54, 1.807) is 49.6 Å². The quantitative estimate of drug-likeness (QED) is 0.543. The Morgan fingerprint density at radius 1 is 0.882 bits per heavy atom. The predicted molar refractivity (Wildman–Crippen MR) is 129 cm³/mol. The Balaban J connectivity index is 1.85. The van der Waals surface area contributed by atoms with E-state index in [4.69, 9.17) is 23.7 Å². The molecule has 0 atom stereocenters.